The van der Waals surface area contributed by atoms with Crippen molar-refractivity contribution in [2.45, 2.75) is 34.1 Å². The highest BCUT2D eigenvalue weighted by molar-refractivity contribution is 6.13. The Hall–Kier alpha value is -4.17. The van der Waals surface area contributed by atoms with Crippen LogP contribution in [0, 0.1) is 12.3 Å². The first-order valence-corrected chi connectivity index (χ1v) is 13.4. The van der Waals surface area contributed by atoms with E-state index >= 15 is 0 Å². The van der Waals surface area contributed by atoms with Gasteiger partial charge in [0.2, 0.25) is 5.69 Å². The van der Waals surface area contributed by atoms with Gasteiger partial charge in [-0.3, -0.25) is 0 Å². The molecule has 2 aromatic heterocycles. The standard InChI is InChI=1S/C36H34NO/c1-24-14-20-31-30-13-9-12-29(28-18-16-27(17-19-28)26-10-7-6-8-11-26)34(30)38-35(31)33(24)32-21-15-25(23-37(32)5)22-36(2,3)4/h6-21,23H,22H2,1-5H3/q+1. The van der Waals surface area contributed by atoms with Gasteiger partial charge < -0.3 is 4.42 Å². The summed E-state index contributed by atoms with van der Waals surface area (Å²) in [5, 5.41) is 2.31. The number of fused-ring (bicyclic) bond motifs is 3. The number of rotatable bonds is 4. The van der Waals surface area contributed by atoms with E-state index in [0.29, 0.717) is 0 Å². The van der Waals surface area contributed by atoms with Crippen LogP contribution in [-0.4, -0.2) is 0 Å². The summed E-state index contributed by atoms with van der Waals surface area (Å²) in [4.78, 5) is 0. The number of nitrogens with zero attached hydrogens (tertiary/aromatic N) is 1. The van der Waals surface area contributed by atoms with Crippen LogP contribution in [0.2, 0.25) is 0 Å². The summed E-state index contributed by atoms with van der Waals surface area (Å²) >= 11 is 0. The van der Waals surface area contributed by atoms with Gasteiger partial charge in [0.15, 0.2) is 6.20 Å². The fourth-order valence-corrected chi connectivity index (χ4v) is 5.62. The van der Waals surface area contributed by atoms with E-state index in [0.717, 1.165) is 45.0 Å². The summed E-state index contributed by atoms with van der Waals surface area (Å²) in [6.45, 7) is 9.03. The topological polar surface area (TPSA) is 17.0 Å². The highest BCUT2D eigenvalue weighted by Crippen LogP contribution is 2.40. The van der Waals surface area contributed by atoms with Crippen LogP contribution in [0.5, 0.6) is 0 Å². The first-order chi connectivity index (χ1) is 18.3. The summed E-state index contributed by atoms with van der Waals surface area (Å²) in [5.74, 6) is 0. The third-order valence-corrected chi connectivity index (χ3v) is 7.36. The smallest absolute Gasteiger partial charge is 0.216 e. The Morgan fingerprint density at radius 2 is 1.34 bits per heavy atom. The lowest BCUT2D eigenvalue weighted by Crippen LogP contribution is -2.32. The molecule has 6 aromatic rings. The minimum Gasteiger partial charge on any atom is -0.454 e. The van der Waals surface area contributed by atoms with Gasteiger partial charge in [-0.15, -0.1) is 0 Å². The number of aryl methyl sites for hydroxylation is 2. The molecule has 0 N–H and O–H groups in total. The quantitative estimate of drug-likeness (QED) is 0.222. The van der Waals surface area contributed by atoms with Crippen molar-refractivity contribution < 1.29 is 8.98 Å². The van der Waals surface area contributed by atoms with Crippen molar-refractivity contribution in [2.75, 3.05) is 0 Å². The zero-order valence-corrected chi connectivity index (χ0v) is 22.9. The summed E-state index contributed by atoms with van der Waals surface area (Å²) in [7, 11) is 2.14. The molecule has 0 radical (unpaired) electrons. The Morgan fingerprint density at radius 3 is 2.05 bits per heavy atom. The Bertz CT molecular complexity index is 1770. The molecule has 0 spiro atoms. The lowest BCUT2D eigenvalue weighted by atomic mass is 9.88. The first-order valence-electron chi connectivity index (χ1n) is 13.4. The number of aromatic nitrogens is 1. The second kappa shape index (κ2) is 9.29. The maximum atomic E-state index is 6.77. The van der Waals surface area contributed by atoms with Gasteiger partial charge in [-0.2, -0.15) is 0 Å². The predicted molar refractivity (Wildman–Crippen MR) is 159 cm³/mol. The Labute approximate surface area is 225 Å². The summed E-state index contributed by atoms with van der Waals surface area (Å²) < 4.78 is 9.02. The van der Waals surface area contributed by atoms with E-state index in [9.17, 15) is 0 Å². The third-order valence-electron chi connectivity index (χ3n) is 7.36. The first kappa shape index (κ1) is 24.2. The monoisotopic (exact) mass is 496 g/mol. The molecule has 0 saturated carbocycles. The molecule has 6 rings (SSSR count). The van der Waals surface area contributed by atoms with Gasteiger partial charge in [-0.25, -0.2) is 4.57 Å². The lowest BCUT2D eigenvalue weighted by Gasteiger charge is -2.17. The number of para-hydroxylation sites is 1. The van der Waals surface area contributed by atoms with E-state index in [2.05, 4.69) is 143 Å². The van der Waals surface area contributed by atoms with Gasteiger partial charge in [0.1, 0.15) is 18.2 Å². The molecule has 2 heteroatoms. The van der Waals surface area contributed by atoms with Crippen molar-refractivity contribution in [2.24, 2.45) is 12.5 Å². The number of hydrogen-bond acceptors (Lipinski definition) is 1. The molecular weight excluding hydrogens is 462 g/mol. The number of hydrogen-bond donors (Lipinski definition) is 0. The molecule has 2 heterocycles. The van der Waals surface area contributed by atoms with Gasteiger partial charge in [-0.05, 0) is 47.1 Å². The van der Waals surface area contributed by atoms with Crippen LogP contribution in [0.25, 0.3) is 55.4 Å². The van der Waals surface area contributed by atoms with Crippen molar-refractivity contribution in [3.8, 4) is 33.5 Å². The maximum Gasteiger partial charge on any atom is 0.216 e. The second-order valence-corrected chi connectivity index (χ2v) is 11.6. The molecule has 0 saturated heterocycles. The van der Waals surface area contributed by atoms with Crippen molar-refractivity contribution in [1.82, 2.24) is 0 Å². The van der Waals surface area contributed by atoms with Crippen molar-refractivity contribution in [3.05, 3.63) is 114 Å². The SMILES string of the molecule is Cc1ccc2c(oc3c(-c4ccc(-c5ccccc5)cc4)cccc32)c1-c1ccc(CC(C)(C)C)c[n+]1C. The minimum absolute atomic E-state index is 0.249. The van der Waals surface area contributed by atoms with Crippen molar-refractivity contribution >= 4 is 21.9 Å². The van der Waals surface area contributed by atoms with Crippen LogP contribution in [-0.2, 0) is 13.5 Å². The molecular formula is C36H34NO+. The number of benzene rings is 4. The average Bonchev–Trinajstić information content (AvgIpc) is 3.28. The molecule has 0 unspecified atom stereocenters. The molecule has 0 atom stereocenters. The van der Waals surface area contributed by atoms with Crippen LogP contribution < -0.4 is 4.57 Å². The molecule has 188 valence electrons. The van der Waals surface area contributed by atoms with Gasteiger partial charge in [0, 0.05) is 28.0 Å². The van der Waals surface area contributed by atoms with E-state index < -0.39 is 0 Å². The van der Waals surface area contributed by atoms with E-state index in [-0.39, 0.29) is 5.41 Å². The van der Waals surface area contributed by atoms with E-state index in [1.807, 2.05) is 0 Å². The maximum absolute atomic E-state index is 6.77. The largest absolute Gasteiger partial charge is 0.454 e. The Morgan fingerprint density at radius 1 is 0.658 bits per heavy atom. The van der Waals surface area contributed by atoms with Crippen LogP contribution in [0.4, 0.5) is 0 Å². The molecule has 0 aliphatic heterocycles. The molecule has 2 nitrogen and oxygen atoms in total. The molecule has 0 bridgehead atoms. The normalized spacial score (nSPS) is 11.9. The molecule has 0 aliphatic carbocycles. The number of pyridine rings is 1. The zero-order chi connectivity index (χ0) is 26.4. The van der Waals surface area contributed by atoms with E-state index in [4.69, 9.17) is 4.42 Å². The van der Waals surface area contributed by atoms with Gasteiger partial charge in [0.05, 0.1) is 5.56 Å². The van der Waals surface area contributed by atoms with Crippen LogP contribution in [0.15, 0.2) is 108 Å². The van der Waals surface area contributed by atoms with Gasteiger partial charge in [-0.1, -0.05) is 106 Å². The summed E-state index contributed by atoms with van der Waals surface area (Å²) in [5.41, 5.74) is 11.7. The van der Waals surface area contributed by atoms with Crippen molar-refractivity contribution in [1.29, 1.82) is 0 Å². The van der Waals surface area contributed by atoms with E-state index in [1.165, 1.54) is 27.9 Å². The highest BCUT2D eigenvalue weighted by atomic mass is 16.3. The molecule has 0 aliphatic rings. The average molecular weight is 497 g/mol. The van der Waals surface area contributed by atoms with Crippen LogP contribution in [0.1, 0.15) is 31.9 Å². The predicted octanol–water partition coefficient (Wildman–Crippen LogP) is 9.31. The number of furan rings is 1. The fraction of sp³-hybridized carbons (Fsp3) is 0.194. The summed E-state index contributed by atoms with van der Waals surface area (Å²) in [6, 6.07) is 34.7. The highest BCUT2D eigenvalue weighted by Gasteiger charge is 2.23. The lowest BCUT2D eigenvalue weighted by molar-refractivity contribution is -0.660. The van der Waals surface area contributed by atoms with Gasteiger partial charge >= 0.3 is 0 Å². The molecule has 0 amide bonds. The summed E-state index contributed by atoms with van der Waals surface area (Å²) in [6.07, 6.45) is 3.31. The third kappa shape index (κ3) is 4.41. The van der Waals surface area contributed by atoms with E-state index in [1.54, 1.807) is 0 Å². The zero-order valence-electron chi connectivity index (χ0n) is 22.9. The van der Waals surface area contributed by atoms with Crippen LogP contribution >= 0.6 is 0 Å². The Kier molecular flexibility index (Phi) is 5.91. The van der Waals surface area contributed by atoms with Gasteiger partial charge in [0.25, 0.3) is 0 Å². The molecule has 38 heavy (non-hydrogen) atoms. The molecule has 0 fully saturated rings. The van der Waals surface area contributed by atoms with Crippen molar-refractivity contribution in [3.63, 3.8) is 0 Å². The Balaban J connectivity index is 1.48. The molecule has 4 aromatic carbocycles. The van der Waals surface area contributed by atoms with Crippen LogP contribution in [0.3, 0.4) is 0 Å². The minimum atomic E-state index is 0.249. The fourth-order valence-electron chi connectivity index (χ4n) is 5.62. The second-order valence-electron chi connectivity index (χ2n) is 11.6.